The second-order valence-corrected chi connectivity index (χ2v) is 2.82. The molecule has 1 aromatic rings. The standard InChI is InChI=1S/C10H8F3NO/c1-15-9-6(2-3-14)4-7(11)5-8(9)10(12)13/h4-5,10H,2H2,1H3. The van der Waals surface area contributed by atoms with Crippen LogP contribution in [0.4, 0.5) is 13.2 Å². The lowest BCUT2D eigenvalue weighted by atomic mass is 10.1. The maximum Gasteiger partial charge on any atom is 0.267 e. The number of methoxy groups -OCH3 is 1. The van der Waals surface area contributed by atoms with Crippen LogP contribution in [-0.2, 0) is 6.42 Å². The summed E-state index contributed by atoms with van der Waals surface area (Å²) in [5.41, 5.74) is -0.391. The van der Waals surface area contributed by atoms with Gasteiger partial charge in [0.2, 0.25) is 0 Å². The van der Waals surface area contributed by atoms with E-state index >= 15 is 0 Å². The molecule has 0 saturated carbocycles. The fourth-order valence-corrected chi connectivity index (χ4v) is 1.30. The largest absolute Gasteiger partial charge is 0.496 e. The van der Waals surface area contributed by atoms with Gasteiger partial charge in [0.05, 0.1) is 25.2 Å². The van der Waals surface area contributed by atoms with Crippen LogP contribution in [0.2, 0.25) is 0 Å². The summed E-state index contributed by atoms with van der Waals surface area (Å²) in [5, 5.41) is 8.44. The van der Waals surface area contributed by atoms with Crippen LogP contribution in [0.1, 0.15) is 17.6 Å². The molecule has 0 amide bonds. The van der Waals surface area contributed by atoms with Gasteiger partial charge in [-0.3, -0.25) is 0 Å². The number of nitriles is 1. The minimum Gasteiger partial charge on any atom is -0.496 e. The quantitative estimate of drug-likeness (QED) is 0.776. The van der Waals surface area contributed by atoms with E-state index in [4.69, 9.17) is 10.00 Å². The second-order valence-electron chi connectivity index (χ2n) is 2.82. The van der Waals surface area contributed by atoms with E-state index in [0.29, 0.717) is 6.07 Å². The zero-order valence-electron chi connectivity index (χ0n) is 7.93. The molecular formula is C10H8F3NO. The molecule has 0 bridgehead atoms. The van der Waals surface area contributed by atoms with Crippen molar-refractivity contribution < 1.29 is 17.9 Å². The summed E-state index contributed by atoms with van der Waals surface area (Å²) in [6.07, 6.45) is -2.99. The van der Waals surface area contributed by atoms with Crippen LogP contribution < -0.4 is 4.74 Å². The van der Waals surface area contributed by atoms with Crippen LogP contribution in [-0.4, -0.2) is 7.11 Å². The molecule has 0 spiro atoms. The normalized spacial score (nSPS) is 10.1. The summed E-state index contributed by atoms with van der Waals surface area (Å²) in [6.45, 7) is 0. The van der Waals surface area contributed by atoms with Crippen molar-refractivity contribution in [3.05, 3.63) is 29.1 Å². The van der Waals surface area contributed by atoms with Crippen molar-refractivity contribution in [2.75, 3.05) is 7.11 Å². The van der Waals surface area contributed by atoms with Crippen LogP contribution in [0, 0.1) is 17.1 Å². The fraction of sp³-hybridized carbons (Fsp3) is 0.300. The summed E-state index contributed by atoms with van der Waals surface area (Å²) in [5.74, 6) is -0.913. The Balaban J connectivity index is 3.33. The molecule has 0 N–H and O–H groups in total. The molecule has 2 nitrogen and oxygen atoms in total. The van der Waals surface area contributed by atoms with Gasteiger partial charge in [-0.2, -0.15) is 5.26 Å². The number of hydrogen-bond acceptors (Lipinski definition) is 2. The van der Waals surface area contributed by atoms with Gasteiger partial charge in [-0.25, -0.2) is 13.2 Å². The number of ether oxygens (including phenoxy) is 1. The molecule has 0 fully saturated rings. The van der Waals surface area contributed by atoms with Crippen molar-refractivity contribution in [2.45, 2.75) is 12.8 Å². The van der Waals surface area contributed by atoms with E-state index in [1.54, 1.807) is 6.07 Å². The van der Waals surface area contributed by atoms with Gasteiger partial charge in [-0.05, 0) is 12.1 Å². The SMILES string of the molecule is COc1c(CC#N)cc(F)cc1C(F)F. The minimum absolute atomic E-state index is 0.118. The van der Waals surface area contributed by atoms with Gasteiger partial charge in [-0.15, -0.1) is 0 Å². The third-order valence-electron chi connectivity index (χ3n) is 1.87. The lowest BCUT2D eigenvalue weighted by molar-refractivity contribution is 0.146. The monoisotopic (exact) mass is 215 g/mol. The molecule has 0 aromatic heterocycles. The Morgan fingerprint density at radius 1 is 1.47 bits per heavy atom. The Hall–Kier alpha value is -1.70. The highest BCUT2D eigenvalue weighted by atomic mass is 19.3. The average molecular weight is 215 g/mol. The van der Waals surface area contributed by atoms with Crippen LogP contribution in [0.3, 0.4) is 0 Å². The van der Waals surface area contributed by atoms with E-state index in [0.717, 1.165) is 6.07 Å². The van der Waals surface area contributed by atoms with Crippen molar-refractivity contribution in [1.82, 2.24) is 0 Å². The molecule has 80 valence electrons. The number of hydrogen-bond donors (Lipinski definition) is 0. The molecule has 1 aromatic carbocycles. The highest BCUT2D eigenvalue weighted by Crippen LogP contribution is 2.33. The van der Waals surface area contributed by atoms with Gasteiger partial charge < -0.3 is 4.74 Å². The topological polar surface area (TPSA) is 33.0 Å². The van der Waals surface area contributed by atoms with Gasteiger partial charge in [0.15, 0.2) is 0 Å². The maximum atomic E-state index is 12.9. The van der Waals surface area contributed by atoms with E-state index in [1.165, 1.54) is 7.11 Å². The van der Waals surface area contributed by atoms with E-state index in [1.807, 2.05) is 0 Å². The molecule has 0 atom stereocenters. The lowest BCUT2D eigenvalue weighted by Crippen LogP contribution is -1.99. The molecule has 0 unspecified atom stereocenters. The predicted molar refractivity (Wildman–Crippen MR) is 47.2 cm³/mol. The first-order chi connectivity index (χ1) is 7.10. The number of halogens is 3. The van der Waals surface area contributed by atoms with Crippen molar-refractivity contribution in [2.24, 2.45) is 0 Å². The van der Waals surface area contributed by atoms with Crippen LogP contribution >= 0.6 is 0 Å². The van der Waals surface area contributed by atoms with Gasteiger partial charge >= 0.3 is 0 Å². The van der Waals surface area contributed by atoms with E-state index in [2.05, 4.69) is 0 Å². The fourth-order valence-electron chi connectivity index (χ4n) is 1.30. The molecule has 0 saturated heterocycles. The Bertz CT molecular complexity index is 398. The third kappa shape index (κ3) is 2.40. The first kappa shape index (κ1) is 11.4. The van der Waals surface area contributed by atoms with Gasteiger partial charge in [0, 0.05) is 5.56 Å². The van der Waals surface area contributed by atoms with Crippen LogP contribution in [0.25, 0.3) is 0 Å². The molecule has 0 radical (unpaired) electrons. The van der Waals surface area contributed by atoms with Crippen molar-refractivity contribution in [3.63, 3.8) is 0 Å². The number of rotatable bonds is 3. The summed E-state index contributed by atoms with van der Waals surface area (Å²) in [7, 11) is 1.21. The zero-order valence-corrected chi connectivity index (χ0v) is 7.93. The van der Waals surface area contributed by atoms with Crippen molar-refractivity contribution in [3.8, 4) is 11.8 Å². The molecule has 15 heavy (non-hydrogen) atoms. The summed E-state index contributed by atoms with van der Waals surface area (Å²) >= 11 is 0. The molecule has 1 rings (SSSR count). The number of nitrogens with zero attached hydrogens (tertiary/aromatic N) is 1. The number of benzene rings is 1. The van der Waals surface area contributed by atoms with E-state index in [-0.39, 0.29) is 17.7 Å². The molecule has 0 heterocycles. The highest BCUT2D eigenvalue weighted by molar-refractivity contribution is 5.44. The third-order valence-corrected chi connectivity index (χ3v) is 1.87. The molecule has 0 aliphatic rings. The van der Waals surface area contributed by atoms with Crippen LogP contribution in [0.5, 0.6) is 5.75 Å². The van der Waals surface area contributed by atoms with Crippen LogP contribution in [0.15, 0.2) is 12.1 Å². The summed E-state index contributed by atoms with van der Waals surface area (Å²) < 4.78 is 42.6. The molecule has 5 heteroatoms. The Morgan fingerprint density at radius 3 is 2.60 bits per heavy atom. The summed E-state index contributed by atoms with van der Waals surface area (Å²) in [6, 6.07) is 3.49. The first-order valence-electron chi connectivity index (χ1n) is 4.11. The Kier molecular flexibility index (Phi) is 3.56. The lowest BCUT2D eigenvalue weighted by Gasteiger charge is -2.11. The zero-order chi connectivity index (χ0) is 11.4. The maximum absolute atomic E-state index is 12.9. The molecular weight excluding hydrogens is 207 g/mol. The number of alkyl halides is 2. The molecule has 0 aliphatic carbocycles. The average Bonchev–Trinajstić information content (AvgIpc) is 2.17. The van der Waals surface area contributed by atoms with E-state index < -0.39 is 17.8 Å². The Labute approximate surface area is 84.9 Å². The Morgan fingerprint density at radius 2 is 2.13 bits per heavy atom. The predicted octanol–water partition coefficient (Wildman–Crippen LogP) is 2.84. The summed E-state index contributed by atoms with van der Waals surface area (Å²) in [4.78, 5) is 0. The van der Waals surface area contributed by atoms with Gasteiger partial charge in [-0.1, -0.05) is 0 Å². The second kappa shape index (κ2) is 4.69. The highest BCUT2D eigenvalue weighted by Gasteiger charge is 2.18. The molecule has 0 aliphatic heterocycles. The van der Waals surface area contributed by atoms with Gasteiger partial charge in [0.25, 0.3) is 6.43 Å². The van der Waals surface area contributed by atoms with Gasteiger partial charge in [0.1, 0.15) is 11.6 Å². The van der Waals surface area contributed by atoms with Crippen molar-refractivity contribution >= 4 is 0 Å². The first-order valence-corrected chi connectivity index (χ1v) is 4.11. The van der Waals surface area contributed by atoms with E-state index in [9.17, 15) is 13.2 Å². The minimum atomic E-state index is -2.83. The van der Waals surface area contributed by atoms with Crippen molar-refractivity contribution in [1.29, 1.82) is 5.26 Å². The smallest absolute Gasteiger partial charge is 0.267 e.